The number of aryl methyl sites for hydroxylation is 1. The summed E-state index contributed by atoms with van der Waals surface area (Å²) in [4.78, 5) is 16.1. The standard InChI is InChI=1S/C25H31NO5/c1-6-29-22(23(27)28)15-17-11-12-21(19-10-8-7-9-18(17)19)30-14-13-20-16(2)31-24(26-20)25(3,4)5/h7-12,22H,6,13-15H2,1-5H3,(H,27,28). The molecule has 0 spiro atoms. The topological polar surface area (TPSA) is 81.8 Å². The quantitative estimate of drug-likeness (QED) is 0.514. The first kappa shape index (κ1) is 22.8. The fraction of sp³-hybridized carbons (Fsp3) is 0.440. The molecule has 0 amide bonds. The lowest BCUT2D eigenvalue weighted by Gasteiger charge is -2.16. The molecule has 0 radical (unpaired) electrons. The molecule has 6 nitrogen and oxygen atoms in total. The van der Waals surface area contributed by atoms with E-state index in [2.05, 4.69) is 25.8 Å². The summed E-state index contributed by atoms with van der Waals surface area (Å²) in [5.74, 6) is 1.37. The number of hydrogen-bond acceptors (Lipinski definition) is 5. The molecule has 1 N–H and O–H groups in total. The van der Waals surface area contributed by atoms with Gasteiger partial charge < -0.3 is 19.0 Å². The zero-order valence-electron chi connectivity index (χ0n) is 18.9. The van der Waals surface area contributed by atoms with Crippen molar-refractivity contribution in [2.45, 2.75) is 59.0 Å². The molecule has 1 unspecified atom stereocenters. The maximum atomic E-state index is 11.5. The number of oxazole rings is 1. The van der Waals surface area contributed by atoms with E-state index in [0.717, 1.165) is 39.4 Å². The van der Waals surface area contributed by atoms with Crippen LogP contribution in [0.2, 0.25) is 0 Å². The Hall–Kier alpha value is -2.86. The van der Waals surface area contributed by atoms with Crippen LogP contribution in [0, 0.1) is 6.92 Å². The Bertz CT molecular complexity index is 1050. The third-order valence-corrected chi connectivity index (χ3v) is 5.15. The van der Waals surface area contributed by atoms with Gasteiger partial charge >= 0.3 is 5.97 Å². The highest BCUT2D eigenvalue weighted by Crippen LogP contribution is 2.30. The number of rotatable bonds is 9. The molecule has 166 valence electrons. The van der Waals surface area contributed by atoms with Crippen molar-refractivity contribution in [2.24, 2.45) is 0 Å². The number of carboxylic acid groups (broad SMARTS) is 1. The minimum absolute atomic E-state index is 0.134. The van der Waals surface area contributed by atoms with Crippen LogP contribution in [0.1, 0.15) is 50.6 Å². The van der Waals surface area contributed by atoms with Crippen LogP contribution in [0.3, 0.4) is 0 Å². The number of benzene rings is 2. The predicted octanol–water partition coefficient (Wildman–Crippen LogP) is 5.09. The van der Waals surface area contributed by atoms with Crippen LogP contribution in [0.4, 0.5) is 0 Å². The average Bonchev–Trinajstić information content (AvgIpc) is 3.10. The molecule has 0 saturated carbocycles. The SMILES string of the molecule is CCOC(Cc1ccc(OCCc2nc(C(C)(C)C)oc2C)c2ccccc12)C(=O)O. The summed E-state index contributed by atoms with van der Waals surface area (Å²) in [6, 6.07) is 11.7. The van der Waals surface area contributed by atoms with Gasteiger partial charge in [0.1, 0.15) is 11.5 Å². The first-order chi connectivity index (χ1) is 14.7. The van der Waals surface area contributed by atoms with E-state index in [-0.39, 0.29) is 5.41 Å². The molecule has 6 heteroatoms. The monoisotopic (exact) mass is 425 g/mol. The number of aliphatic carboxylic acids is 1. The van der Waals surface area contributed by atoms with Gasteiger partial charge in [-0.15, -0.1) is 0 Å². The second-order valence-electron chi connectivity index (χ2n) is 8.63. The highest BCUT2D eigenvalue weighted by Gasteiger charge is 2.22. The molecule has 31 heavy (non-hydrogen) atoms. The normalized spacial score (nSPS) is 12.8. The molecule has 1 heterocycles. The Morgan fingerprint density at radius 2 is 1.87 bits per heavy atom. The number of nitrogens with zero attached hydrogens (tertiary/aromatic N) is 1. The number of aromatic nitrogens is 1. The molecular formula is C25H31NO5. The van der Waals surface area contributed by atoms with Gasteiger partial charge in [0.15, 0.2) is 12.0 Å². The summed E-state index contributed by atoms with van der Waals surface area (Å²) < 4.78 is 17.3. The lowest BCUT2D eigenvalue weighted by atomic mass is 9.97. The van der Waals surface area contributed by atoms with E-state index in [0.29, 0.717) is 26.1 Å². The number of hydrogen-bond donors (Lipinski definition) is 1. The van der Waals surface area contributed by atoms with Crippen molar-refractivity contribution in [3.63, 3.8) is 0 Å². The van der Waals surface area contributed by atoms with Crippen molar-refractivity contribution < 1.29 is 23.8 Å². The third-order valence-electron chi connectivity index (χ3n) is 5.15. The minimum Gasteiger partial charge on any atom is -0.493 e. The molecule has 3 rings (SSSR count). The number of carbonyl (C=O) groups is 1. The summed E-state index contributed by atoms with van der Waals surface area (Å²) in [5.41, 5.74) is 1.70. The van der Waals surface area contributed by atoms with E-state index in [9.17, 15) is 9.90 Å². The summed E-state index contributed by atoms with van der Waals surface area (Å²) in [5, 5.41) is 11.4. The van der Waals surface area contributed by atoms with Crippen molar-refractivity contribution >= 4 is 16.7 Å². The molecule has 1 aromatic heterocycles. The first-order valence-electron chi connectivity index (χ1n) is 10.6. The zero-order chi connectivity index (χ0) is 22.6. The van der Waals surface area contributed by atoms with E-state index < -0.39 is 12.1 Å². The summed E-state index contributed by atoms with van der Waals surface area (Å²) in [6.45, 7) is 10.8. The van der Waals surface area contributed by atoms with Gasteiger partial charge in [0.25, 0.3) is 0 Å². The molecule has 2 aromatic carbocycles. The van der Waals surface area contributed by atoms with Crippen LogP contribution in [-0.2, 0) is 27.8 Å². The van der Waals surface area contributed by atoms with E-state index >= 15 is 0 Å². The number of fused-ring (bicyclic) bond motifs is 1. The lowest BCUT2D eigenvalue weighted by molar-refractivity contribution is -0.149. The highest BCUT2D eigenvalue weighted by atomic mass is 16.5. The number of carboxylic acids is 1. The molecule has 0 aliphatic heterocycles. The van der Waals surface area contributed by atoms with Crippen molar-refractivity contribution in [3.05, 3.63) is 59.3 Å². The lowest BCUT2D eigenvalue weighted by Crippen LogP contribution is -2.26. The largest absolute Gasteiger partial charge is 0.493 e. The zero-order valence-corrected chi connectivity index (χ0v) is 18.9. The van der Waals surface area contributed by atoms with Crippen LogP contribution in [-0.4, -0.2) is 35.4 Å². The Kier molecular flexibility index (Phi) is 7.01. The maximum Gasteiger partial charge on any atom is 0.333 e. The van der Waals surface area contributed by atoms with Crippen LogP contribution in [0.25, 0.3) is 10.8 Å². The van der Waals surface area contributed by atoms with Crippen molar-refractivity contribution in [1.29, 1.82) is 0 Å². The highest BCUT2D eigenvalue weighted by molar-refractivity contribution is 5.91. The van der Waals surface area contributed by atoms with Gasteiger partial charge in [0.2, 0.25) is 0 Å². The molecule has 0 bridgehead atoms. The van der Waals surface area contributed by atoms with Crippen LogP contribution < -0.4 is 4.74 Å². The summed E-state index contributed by atoms with van der Waals surface area (Å²) in [7, 11) is 0. The van der Waals surface area contributed by atoms with Gasteiger partial charge in [-0.25, -0.2) is 9.78 Å². The van der Waals surface area contributed by atoms with E-state index in [1.165, 1.54) is 0 Å². The summed E-state index contributed by atoms with van der Waals surface area (Å²) >= 11 is 0. The molecular weight excluding hydrogens is 394 g/mol. The van der Waals surface area contributed by atoms with Gasteiger partial charge in [-0.3, -0.25) is 0 Å². The predicted molar refractivity (Wildman–Crippen MR) is 120 cm³/mol. The molecule has 0 fully saturated rings. The van der Waals surface area contributed by atoms with Crippen LogP contribution >= 0.6 is 0 Å². The smallest absolute Gasteiger partial charge is 0.333 e. The maximum absolute atomic E-state index is 11.5. The van der Waals surface area contributed by atoms with Crippen molar-refractivity contribution in [3.8, 4) is 5.75 Å². The van der Waals surface area contributed by atoms with Gasteiger partial charge in [0.05, 0.1) is 12.3 Å². The summed E-state index contributed by atoms with van der Waals surface area (Å²) in [6.07, 6.45) is 0.0808. The second kappa shape index (κ2) is 9.52. The van der Waals surface area contributed by atoms with Crippen molar-refractivity contribution in [2.75, 3.05) is 13.2 Å². The van der Waals surface area contributed by atoms with E-state index in [1.807, 2.05) is 43.3 Å². The van der Waals surface area contributed by atoms with E-state index in [4.69, 9.17) is 13.9 Å². The van der Waals surface area contributed by atoms with Gasteiger partial charge in [-0.2, -0.15) is 0 Å². The molecule has 3 aromatic rings. The fourth-order valence-corrected chi connectivity index (χ4v) is 3.49. The average molecular weight is 426 g/mol. The second-order valence-corrected chi connectivity index (χ2v) is 8.63. The van der Waals surface area contributed by atoms with Crippen LogP contribution in [0.15, 0.2) is 40.8 Å². The fourth-order valence-electron chi connectivity index (χ4n) is 3.49. The molecule has 0 saturated heterocycles. The Morgan fingerprint density at radius 1 is 1.16 bits per heavy atom. The third kappa shape index (κ3) is 5.44. The van der Waals surface area contributed by atoms with Crippen molar-refractivity contribution in [1.82, 2.24) is 4.98 Å². The first-order valence-corrected chi connectivity index (χ1v) is 10.6. The number of ether oxygens (including phenoxy) is 2. The molecule has 0 aliphatic rings. The van der Waals surface area contributed by atoms with E-state index in [1.54, 1.807) is 6.92 Å². The van der Waals surface area contributed by atoms with Gasteiger partial charge in [-0.05, 0) is 30.9 Å². The Balaban J connectivity index is 1.77. The molecule has 0 aliphatic carbocycles. The minimum atomic E-state index is -0.955. The van der Waals surface area contributed by atoms with Crippen LogP contribution in [0.5, 0.6) is 5.75 Å². The van der Waals surface area contributed by atoms with Gasteiger partial charge in [0, 0.05) is 30.2 Å². The molecule has 1 atom stereocenters. The van der Waals surface area contributed by atoms with Gasteiger partial charge in [-0.1, -0.05) is 51.1 Å². The Morgan fingerprint density at radius 3 is 2.48 bits per heavy atom. The Labute approximate surface area is 183 Å².